The molecule has 0 aromatic rings. The molecule has 0 aromatic carbocycles. The molecule has 2 saturated carbocycles. The Kier molecular flexibility index (Phi) is 5.40. The van der Waals surface area contributed by atoms with Gasteiger partial charge in [0.05, 0.1) is 13.0 Å². The van der Waals surface area contributed by atoms with E-state index < -0.39 is 0 Å². The summed E-state index contributed by atoms with van der Waals surface area (Å²) in [5.41, 5.74) is 0. The maximum atomic E-state index is 12.1. The molecule has 126 valence electrons. The predicted octanol–water partition coefficient (Wildman–Crippen LogP) is 2.57. The van der Waals surface area contributed by atoms with Crippen molar-refractivity contribution in [3.05, 3.63) is 0 Å². The van der Waals surface area contributed by atoms with Gasteiger partial charge >= 0.3 is 5.97 Å². The fourth-order valence-electron chi connectivity index (χ4n) is 4.40. The molecule has 4 heteroatoms. The molecule has 1 aliphatic heterocycles. The summed E-state index contributed by atoms with van der Waals surface area (Å²) in [7, 11) is 1.52. The Bertz CT molecular complexity index is 377. The number of nitrogens with one attached hydrogen (secondary N) is 1. The second-order valence-corrected chi connectivity index (χ2v) is 7.69. The lowest BCUT2D eigenvalue weighted by Gasteiger charge is -2.42. The topological polar surface area (TPSA) is 41.6 Å². The molecule has 3 unspecified atom stereocenters. The lowest BCUT2D eigenvalue weighted by atomic mass is 9.89. The number of piperidine rings is 1. The molecule has 1 saturated heterocycles. The molecule has 0 bridgehead atoms. The quantitative estimate of drug-likeness (QED) is 0.793. The van der Waals surface area contributed by atoms with Gasteiger partial charge in [-0.3, -0.25) is 9.69 Å². The van der Waals surface area contributed by atoms with E-state index in [0.29, 0.717) is 18.1 Å². The highest BCUT2D eigenvalue weighted by atomic mass is 16.5. The summed E-state index contributed by atoms with van der Waals surface area (Å²) in [5.74, 6) is 0.871. The zero-order valence-corrected chi connectivity index (χ0v) is 14.2. The Morgan fingerprint density at radius 3 is 2.45 bits per heavy atom. The van der Waals surface area contributed by atoms with Crippen LogP contribution in [0.15, 0.2) is 0 Å². The second kappa shape index (κ2) is 7.31. The van der Waals surface area contributed by atoms with E-state index in [9.17, 15) is 4.79 Å². The highest BCUT2D eigenvalue weighted by Gasteiger charge is 2.39. The Morgan fingerprint density at radius 2 is 1.82 bits per heavy atom. The van der Waals surface area contributed by atoms with Gasteiger partial charge in [0, 0.05) is 31.2 Å². The van der Waals surface area contributed by atoms with Crippen LogP contribution in [0.4, 0.5) is 0 Å². The number of ether oxygens (including phenoxy) is 1. The average Bonchev–Trinajstić information content (AvgIpc) is 3.39. The van der Waals surface area contributed by atoms with E-state index in [1.807, 2.05) is 0 Å². The van der Waals surface area contributed by atoms with Crippen molar-refractivity contribution in [2.24, 2.45) is 11.8 Å². The largest absolute Gasteiger partial charge is 0.469 e. The molecule has 0 radical (unpaired) electrons. The van der Waals surface area contributed by atoms with Gasteiger partial charge in [0.2, 0.25) is 0 Å². The molecule has 1 N–H and O–H groups in total. The fourth-order valence-corrected chi connectivity index (χ4v) is 4.40. The number of likely N-dealkylation sites (tertiary alicyclic amines) is 1. The van der Waals surface area contributed by atoms with Gasteiger partial charge in [-0.15, -0.1) is 0 Å². The number of methoxy groups -OCH3 is 1. The van der Waals surface area contributed by atoms with Gasteiger partial charge in [0.1, 0.15) is 0 Å². The molecule has 2 aliphatic carbocycles. The van der Waals surface area contributed by atoms with Crippen molar-refractivity contribution in [1.29, 1.82) is 0 Å². The van der Waals surface area contributed by atoms with Crippen molar-refractivity contribution in [3.8, 4) is 0 Å². The maximum absolute atomic E-state index is 12.1. The van der Waals surface area contributed by atoms with Crippen LogP contribution in [0.5, 0.6) is 0 Å². The van der Waals surface area contributed by atoms with Gasteiger partial charge in [0.25, 0.3) is 0 Å². The van der Waals surface area contributed by atoms with Gasteiger partial charge in [-0.2, -0.15) is 0 Å². The van der Waals surface area contributed by atoms with Gasteiger partial charge in [-0.05, 0) is 44.9 Å². The third kappa shape index (κ3) is 4.02. The van der Waals surface area contributed by atoms with Crippen LogP contribution < -0.4 is 5.32 Å². The minimum Gasteiger partial charge on any atom is -0.469 e. The van der Waals surface area contributed by atoms with Crippen molar-refractivity contribution in [3.63, 3.8) is 0 Å². The van der Waals surface area contributed by atoms with E-state index in [0.717, 1.165) is 25.4 Å². The highest BCUT2D eigenvalue weighted by molar-refractivity contribution is 5.72. The van der Waals surface area contributed by atoms with E-state index in [2.05, 4.69) is 17.1 Å². The van der Waals surface area contributed by atoms with Crippen LogP contribution in [0, 0.1) is 11.8 Å². The number of nitrogens with zero attached hydrogens (tertiary/aromatic N) is 1. The molecular formula is C18H32N2O2. The molecular weight excluding hydrogens is 276 g/mol. The summed E-state index contributed by atoms with van der Waals surface area (Å²) in [6, 6.07) is 1.72. The third-order valence-electron chi connectivity index (χ3n) is 5.97. The van der Waals surface area contributed by atoms with Crippen molar-refractivity contribution in [2.45, 2.75) is 76.4 Å². The highest BCUT2D eigenvalue weighted by Crippen LogP contribution is 2.36. The number of hydrogen-bond donors (Lipinski definition) is 1. The first-order valence-electron chi connectivity index (χ1n) is 9.25. The van der Waals surface area contributed by atoms with Crippen LogP contribution >= 0.6 is 0 Å². The SMILES string of the molecule is COC(=O)C1CC(NC2CCCCC2)CN(C(C)C2CC2)C1. The standard InChI is InChI=1S/C18H32N2O2/c1-13(14-8-9-14)20-11-15(18(21)22-2)10-17(12-20)19-16-6-4-3-5-7-16/h13-17,19H,3-12H2,1-2H3. The Labute approximate surface area is 135 Å². The van der Waals surface area contributed by atoms with Gasteiger partial charge < -0.3 is 10.1 Å². The van der Waals surface area contributed by atoms with E-state index in [-0.39, 0.29) is 11.9 Å². The number of carbonyl (C=O) groups excluding carboxylic acids is 1. The first kappa shape index (κ1) is 16.3. The second-order valence-electron chi connectivity index (χ2n) is 7.69. The van der Waals surface area contributed by atoms with Crippen LogP contribution in [-0.4, -0.2) is 49.2 Å². The molecule has 3 fully saturated rings. The van der Waals surface area contributed by atoms with Gasteiger partial charge in [-0.25, -0.2) is 0 Å². The van der Waals surface area contributed by atoms with E-state index in [1.165, 1.54) is 52.1 Å². The van der Waals surface area contributed by atoms with Crippen molar-refractivity contribution >= 4 is 5.97 Å². The zero-order valence-electron chi connectivity index (χ0n) is 14.2. The molecule has 3 rings (SSSR count). The molecule has 1 heterocycles. The molecule has 0 amide bonds. The molecule has 3 aliphatic rings. The summed E-state index contributed by atoms with van der Waals surface area (Å²) in [4.78, 5) is 14.6. The smallest absolute Gasteiger partial charge is 0.310 e. The van der Waals surface area contributed by atoms with Gasteiger partial charge in [0.15, 0.2) is 0 Å². The number of rotatable bonds is 5. The molecule has 22 heavy (non-hydrogen) atoms. The summed E-state index contributed by atoms with van der Waals surface area (Å²) < 4.78 is 5.04. The number of carbonyl (C=O) groups is 1. The monoisotopic (exact) mass is 308 g/mol. The fraction of sp³-hybridized carbons (Fsp3) is 0.944. The van der Waals surface area contributed by atoms with Gasteiger partial charge in [-0.1, -0.05) is 19.3 Å². The van der Waals surface area contributed by atoms with Crippen molar-refractivity contribution < 1.29 is 9.53 Å². The van der Waals surface area contributed by atoms with Crippen LogP contribution in [0.2, 0.25) is 0 Å². The van der Waals surface area contributed by atoms with Crippen molar-refractivity contribution in [1.82, 2.24) is 10.2 Å². The van der Waals surface area contributed by atoms with E-state index in [1.54, 1.807) is 0 Å². The van der Waals surface area contributed by atoms with Crippen LogP contribution in [-0.2, 0) is 9.53 Å². The lowest BCUT2D eigenvalue weighted by molar-refractivity contribution is -0.148. The van der Waals surface area contributed by atoms with Crippen LogP contribution in [0.3, 0.4) is 0 Å². The first-order chi connectivity index (χ1) is 10.7. The third-order valence-corrected chi connectivity index (χ3v) is 5.97. The summed E-state index contributed by atoms with van der Waals surface area (Å²) >= 11 is 0. The van der Waals surface area contributed by atoms with Crippen LogP contribution in [0.25, 0.3) is 0 Å². The Morgan fingerprint density at radius 1 is 1.09 bits per heavy atom. The molecule has 0 aromatic heterocycles. The Hall–Kier alpha value is -0.610. The molecule has 3 atom stereocenters. The lowest BCUT2D eigenvalue weighted by Crippen LogP contribution is -2.56. The normalized spacial score (nSPS) is 32.6. The first-order valence-corrected chi connectivity index (χ1v) is 9.25. The van der Waals surface area contributed by atoms with E-state index >= 15 is 0 Å². The maximum Gasteiger partial charge on any atom is 0.310 e. The number of esters is 1. The molecule has 0 spiro atoms. The minimum absolute atomic E-state index is 0.0249. The average molecular weight is 308 g/mol. The van der Waals surface area contributed by atoms with Crippen molar-refractivity contribution in [2.75, 3.05) is 20.2 Å². The number of hydrogen-bond acceptors (Lipinski definition) is 4. The summed E-state index contributed by atoms with van der Waals surface area (Å²) in [6.07, 6.45) is 10.4. The summed E-state index contributed by atoms with van der Waals surface area (Å²) in [5, 5.41) is 3.86. The van der Waals surface area contributed by atoms with Crippen LogP contribution in [0.1, 0.15) is 58.3 Å². The molecule has 4 nitrogen and oxygen atoms in total. The van der Waals surface area contributed by atoms with E-state index in [4.69, 9.17) is 4.74 Å². The summed E-state index contributed by atoms with van der Waals surface area (Å²) in [6.45, 7) is 4.32. The predicted molar refractivity (Wildman–Crippen MR) is 87.7 cm³/mol. The minimum atomic E-state index is -0.0249. The zero-order chi connectivity index (χ0) is 15.5. The Balaban J connectivity index is 1.61.